The maximum atomic E-state index is 13.4. The van der Waals surface area contributed by atoms with E-state index in [0.29, 0.717) is 13.1 Å². The van der Waals surface area contributed by atoms with Crippen LogP contribution < -0.4 is 0 Å². The summed E-state index contributed by atoms with van der Waals surface area (Å²) in [6.45, 7) is 2.93. The lowest BCUT2D eigenvalue weighted by Gasteiger charge is -2.40. The van der Waals surface area contributed by atoms with Crippen LogP contribution in [0.5, 0.6) is 0 Å². The van der Waals surface area contributed by atoms with Crippen LogP contribution in [0.2, 0.25) is 0 Å². The third-order valence-corrected chi connectivity index (χ3v) is 5.81. The normalized spacial score (nSPS) is 17.2. The SMILES string of the molecule is Cc1ccc(CN2CC(=O)N(Cc3cccnc3)C(c3cccs3)C2=O)cc1. The molecule has 0 aliphatic carbocycles. The summed E-state index contributed by atoms with van der Waals surface area (Å²) in [4.78, 5) is 34.7. The van der Waals surface area contributed by atoms with Gasteiger partial charge in [-0.2, -0.15) is 0 Å². The van der Waals surface area contributed by atoms with Gasteiger partial charge in [-0.05, 0) is 35.6 Å². The van der Waals surface area contributed by atoms with E-state index in [1.807, 2.05) is 60.8 Å². The number of piperazine rings is 1. The number of nitrogens with zero attached hydrogens (tertiary/aromatic N) is 3. The third-order valence-electron chi connectivity index (χ3n) is 4.89. The molecule has 1 atom stereocenters. The fourth-order valence-corrected chi connectivity index (χ4v) is 4.25. The maximum absolute atomic E-state index is 13.4. The van der Waals surface area contributed by atoms with Crippen molar-refractivity contribution in [3.8, 4) is 0 Å². The number of benzene rings is 1. The van der Waals surface area contributed by atoms with Crippen LogP contribution in [-0.4, -0.2) is 33.1 Å². The Morgan fingerprint density at radius 1 is 1.04 bits per heavy atom. The minimum Gasteiger partial charge on any atom is -0.327 e. The highest BCUT2D eigenvalue weighted by molar-refractivity contribution is 7.10. The molecule has 1 saturated heterocycles. The Morgan fingerprint density at radius 2 is 1.86 bits per heavy atom. The zero-order chi connectivity index (χ0) is 19.5. The molecule has 2 aromatic heterocycles. The lowest BCUT2D eigenvalue weighted by atomic mass is 10.1. The van der Waals surface area contributed by atoms with E-state index in [2.05, 4.69) is 4.98 Å². The number of hydrogen-bond donors (Lipinski definition) is 0. The molecule has 4 rings (SSSR count). The predicted octanol–water partition coefficient (Wildman–Crippen LogP) is 3.56. The van der Waals surface area contributed by atoms with Crippen LogP contribution in [0.3, 0.4) is 0 Å². The molecule has 3 aromatic rings. The second-order valence-corrected chi connectivity index (χ2v) is 7.96. The largest absolute Gasteiger partial charge is 0.327 e. The van der Waals surface area contributed by atoms with E-state index >= 15 is 0 Å². The highest BCUT2D eigenvalue weighted by atomic mass is 32.1. The molecule has 6 heteroatoms. The Balaban J connectivity index is 1.62. The predicted molar refractivity (Wildman–Crippen MR) is 108 cm³/mol. The molecule has 5 nitrogen and oxygen atoms in total. The number of rotatable bonds is 5. The molecule has 0 N–H and O–H groups in total. The number of amides is 2. The molecule has 1 aromatic carbocycles. The Hall–Kier alpha value is -2.99. The highest BCUT2D eigenvalue weighted by Crippen LogP contribution is 2.32. The minimum absolute atomic E-state index is 0.0356. The van der Waals surface area contributed by atoms with Crippen molar-refractivity contribution in [2.75, 3.05) is 6.54 Å². The molecule has 1 aliphatic heterocycles. The zero-order valence-corrected chi connectivity index (χ0v) is 16.4. The Bertz CT molecular complexity index is 955. The van der Waals surface area contributed by atoms with Crippen LogP contribution >= 0.6 is 11.3 Å². The zero-order valence-electron chi connectivity index (χ0n) is 15.6. The van der Waals surface area contributed by atoms with Crippen molar-refractivity contribution in [3.05, 3.63) is 87.9 Å². The van der Waals surface area contributed by atoms with Gasteiger partial charge in [-0.1, -0.05) is 42.0 Å². The lowest BCUT2D eigenvalue weighted by molar-refractivity contribution is -0.157. The van der Waals surface area contributed by atoms with Gasteiger partial charge in [-0.15, -0.1) is 11.3 Å². The first-order valence-electron chi connectivity index (χ1n) is 9.18. The average Bonchev–Trinajstić information content (AvgIpc) is 3.23. The Morgan fingerprint density at radius 3 is 2.54 bits per heavy atom. The van der Waals surface area contributed by atoms with Gasteiger partial charge in [-0.3, -0.25) is 14.6 Å². The summed E-state index contributed by atoms with van der Waals surface area (Å²) >= 11 is 1.50. The van der Waals surface area contributed by atoms with E-state index < -0.39 is 6.04 Å². The van der Waals surface area contributed by atoms with Gasteiger partial charge in [0.1, 0.15) is 12.6 Å². The molecule has 3 heterocycles. The van der Waals surface area contributed by atoms with Gasteiger partial charge in [0.25, 0.3) is 5.91 Å². The average molecular weight is 391 g/mol. The number of aromatic nitrogens is 1. The van der Waals surface area contributed by atoms with E-state index in [9.17, 15) is 9.59 Å². The fourth-order valence-electron chi connectivity index (χ4n) is 3.42. The number of pyridine rings is 1. The smallest absolute Gasteiger partial charge is 0.251 e. The maximum Gasteiger partial charge on any atom is 0.251 e. The van der Waals surface area contributed by atoms with Gasteiger partial charge < -0.3 is 9.80 Å². The van der Waals surface area contributed by atoms with E-state index in [1.165, 1.54) is 16.9 Å². The van der Waals surface area contributed by atoms with Crippen molar-refractivity contribution < 1.29 is 9.59 Å². The highest BCUT2D eigenvalue weighted by Gasteiger charge is 2.40. The lowest BCUT2D eigenvalue weighted by Crippen LogP contribution is -2.54. The molecule has 1 fully saturated rings. The second-order valence-electron chi connectivity index (χ2n) is 6.98. The number of thiophene rings is 1. The van der Waals surface area contributed by atoms with Crippen LogP contribution in [0.1, 0.15) is 27.6 Å². The van der Waals surface area contributed by atoms with Crippen molar-refractivity contribution in [2.24, 2.45) is 0 Å². The van der Waals surface area contributed by atoms with Gasteiger partial charge in [0, 0.05) is 30.4 Å². The minimum atomic E-state index is -0.591. The van der Waals surface area contributed by atoms with Gasteiger partial charge in [-0.25, -0.2) is 0 Å². The van der Waals surface area contributed by atoms with Crippen molar-refractivity contribution in [2.45, 2.75) is 26.1 Å². The van der Waals surface area contributed by atoms with Crippen molar-refractivity contribution in [1.29, 1.82) is 0 Å². The summed E-state index contributed by atoms with van der Waals surface area (Å²) in [5.41, 5.74) is 3.11. The molecular weight excluding hydrogens is 370 g/mol. The van der Waals surface area contributed by atoms with Gasteiger partial charge in [0.2, 0.25) is 5.91 Å². The quantitative estimate of drug-likeness (QED) is 0.668. The number of carbonyl (C=O) groups excluding carboxylic acids is 2. The van der Waals surface area contributed by atoms with Crippen molar-refractivity contribution in [1.82, 2.24) is 14.8 Å². The van der Waals surface area contributed by atoms with Crippen LogP contribution in [-0.2, 0) is 22.7 Å². The van der Waals surface area contributed by atoms with Crippen molar-refractivity contribution in [3.63, 3.8) is 0 Å². The fraction of sp³-hybridized carbons (Fsp3) is 0.227. The van der Waals surface area contributed by atoms with Gasteiger partial charge in [0.15, 0.2) is 0 Å². The third kappa shape index (κ3) is 3.82. The molecule has 2 amide bonds. The van der Waals surface area contributed by atoms with Crippen LogP contribution in [0.25, 0.3) is 0 Å². The van der Waals surface area contributed by atoms with E-state index in [4.69, 9.17) is 0 Å². The van der Waals surface area contributed by atoms with Crippen LogP contribution in [0.4, 0.5) is 0 Å². The molecule has 0 radical (unpaired) electrons. The monoisotopic (exact) mass is 391 g/mol. The molecule has 0 spiro atoms. The molecule has 28 heavy (non-hydrogen) atoms. The van der Waals surface area contributed by atoms with Crippen LogP contribution in [0, 0.1) is 6.92 Å². The number of aryl methyl sites for hydroxylation is 1. The van der Waals surface area contributed by atoms with Gasteiger partial charge in [0.05, 0.1) is 0 Å². The summed E-state index contributed by atoms with van der Waals surface area (Å²) < 4.78 is 0. The van der Waals surface area contributed by atoms with E-state index in [0.717, 1.165) is 16.0 Å². The first kappa shape index (κ1) is 18.4. The van der Waals surface area contributed by atoms with Crippen molar-refractivity contribution >= 4 is 23.2 Å². The molecule has 1 aliphatic rings. The number of hydrogen-bond acceptors (Lipinski definition) is 4. The molecule has 0 saturated carbocycles. The standard InChI is InChI=1S/C22H21N3O2S/c1-16-6-8-17(9-7-16)13-24-15-20(26)25(14-18-4-2-10-23-12-18)21(22(24)27)19-5-3-11-28-19/h2-12,21H,13-15H2,1H3. The second kappa shape index (κ2) is 7.94. The van der Waals surface area contributed by atoms with E-state index in [-0.39, 0.29) is 18.4 Å². The first-order valence-corrected chi connectivity index (χ1v) is 10.1. The topological polar surface area (TPSA) is 53.5 Å². The Labute approximate surface area is 168 Å². The molecule has 142 valence electrons. The number of carbonyl (C=O) groups is 2. The summed E-state index contributed by atoms with van der Waals surface area (Å²) in [7, 11) is 0. The summed E-state index contributed by atoms with van der Waals surface area (Å²) in [5.74, 6) is -0.0829. The summed E-state index contributed by atoms with van der Waals surface area (Å²) in [6.07, 6.45) is 3.44. The van der Waals surface area contributed by atoms with E-state index in [1.54, 1.807) is 22.2 Å². The molecular formula is C22H21N3O2S. The molecule has 0 bridgehead atoms. The summed E-state index contributed by atoms with van der Waals surface area (Å²) in [6, 6.07) is 15.1. The first-order chi connectivity index (χ1) is 13.6. The Kier molecular flexibility index (Phi) is 5.21. The summed E-state index contributed by atoms with van der Waals surface area (Å²) in [5, 5.41) is 1.94. The van der Waals surface area contributed by atoms with Gasteiger partial charge >= 0.3 is 0 Å². The van der Waals surface area contributed by atoms with Crippen LogP contribution in [0.15, 0.2) is 66.3 Å². The molecule has 1 unspecified atom stereocenters.